The normalized spacial score (nSPS) is 11.2. The van der Waals surface area contributed by atoms with Crippen molar-refractivity contribution in [2.45, 2.75) is 12.7 Å². The van der Waals surface area contributed by atoms with E-state index in [1.54, 1.807) is 0 Å². The van der Waals surface area contributed by atoms with Gasteiger partial charge in [-0.1, -0.05) is 18.2 Å². The highest BCUT2D eigenvalue weighted by atomic mass is 19.4. The number of hydrogen-bond donors (Lipinski definition) is 1. The first-order valence-corrected chi connectivity index (χ1v) is 6.62. The SMILES string of the molecule is O=[N+]([O-])c1cc(C(F)(F)F)cc([N+](=O)[O-])c1NCc1ccccc1F. The number of nitrogens with one attached hydrogen (secondary N) is 1. The number of nitro groups is 2. The van der Waals surface area contributed by atoms with Crippen LogP contribution in [0.25, 0.3) is 0 Å². The summed E-state index contributed by atoms with van der Waals surface area (Å²) >= 11 is 0. The van der Waals surface area contributed by atoms with Crippen molar-refractivity contribution in [2.75, 3.05) is 5.32 Å². The number of benzene rings is 2. The second kappa shape index (κ2) is 6.71. The number of alkyl halides is 3. The largest absolute Gasteiger partial charge is 0.416 e. The highest BCUT2D eigenvalue weighted by Crippen LogP contribution is 2.41. The van der Waals surface area contributed by atoms with Crippen LogP contribution in [0.15, 0.2) is 36.4 Å². The van der Waals surface area contributed by atoms with E-state index in [0.717, 1.165) is 6.07 Å². The quantitative estimate of drug-likeness (QED) is 0.488. The fourth-order valence-corrected chi connectivity index (χ4v) is 2.07. The molecular weight excluding hydrogens is 350 g/mol. The fourth-order valence-electron chi connectivity index (χ4n) is 2.07. The zero-order chi connectivity index (χ0) is 18.8. The second-order valence-electron chi connectivity index (χ2n) is 4.85. The Morgan fingerprint density at radius 3 is 1.96 bits per heavy atom. The molecule has 2 rings (SSSR count). The zero-order valence-corrected chi connectivity index (χ0v) is 12.2. The molecule has 0 saturated carbocycles. The van der Waals surface area contributed by atoms with Gasteiger partial charge in [0.25, 0.3) is 11.4 Å². The summed E-state index contributed by atoms with van der Waals surface area (Å²) in [5, 5.41) is 24.4. The summed E-state index contributed by atoms with van der Waals surface area (Å²) in [5.41, 5.74) is -4.48. The van der Waals surface area contributed by atoms with E-state index in [2.05, 4.69) is 5.32 Å². The third kappa shape index (κ3) is 4.00. The monoisotopic (exact) mass is 359 g/mol. The van der Waals surface area contributed by atoms with Gasteiger partial charge in [0.15, 0.2) is 5.69 Å². The summed E-state index contributed by atoms with van der Waals surface area (Å²) in [6.07, 6.45) is -5.00. The van der Waals surface area contributed by atoms with E-state index in [4.69, 9.17) is 0 Å². The molecule has 2 aromatic rings. The first-order valence-electron chi connectivity index (χ1n) is 6.62. The highest BCUT2D eigenvalue weighted by Gasteiger charge is 2.37. The second-order valence-corrected chi connectivity index (χ2v) is 4.85. The first kappa shape index (κ1) is 18.1. The smallest absolute Gasteiger partial charge is 0.370 e. The standard InChI is InChI=1S/C14H9F4N3O4/c15-10-4-2-1-3-8(10)7-19-13-11(20(22)23)5-9(14(16,17)18)6-12(13)21(24)25/h1-6,19H,7H2. The fraction of sp³-hybridized carbons (Fsp3) is 0.143. The highest BCUT2D eigenvalue weighted by molar-refractivity contribution is 5.75. The van der Waals surface area contributed by atoms with Crippen LogP contribution in [0.2, 0.25) is 0 Å². The van der Waals surface area contributed by atoms with E-state index in [1.165, 1.54) is 18.2 Å². The first-order chi connectivity index (χ1) is 11.6. The van der Waals surface area contributed by atoms with Crippen LogP contribution in [0.4, 0.5) is 34.6 Å². The predicted octanol–water partition coefficient (Wildman–Crippen LogP) is 4.27. The summed E-state index contributed by atoms with van der Waals surface area (Å²) < 4.78 is 52.0. The van der Waals surface area contributed by atoms with Gasteiger partial charge in [-0.25, -0.2) is 4.39 Å². The van der Waals surface area contributed by atoms with Crippen LogP contribution in [0.3, 0.4) is 0 Å². The van der Waals surface area contributed by atoms with Crippen molar-refractivity contribution < 1.29 is 27.4 Å². The van der Waals surface area contributed by atoms with Crippen molar-refractivity contribution in [2.24, 2.45) is 0 Å². The number of rotatable bonds is 5. The molecule has 2 aromatic carbocycles. The van der Waals surface area contributed by atoms with Crippen molar-refractivity contribution in [1.29, 1.82) is 0 Å². The van der Waals surface area contributed by atoms with Gasteiger partial charge in [-0.05, 0) is 6.07 Å². The molecule has 0 amide bonds. The van der Waals surface area contributed by atoms with Gasteiger partial charge < -0.3 is 5.32 Å². The maximum absolute atomic E-state index is 13.6. The minimum Gasteiger partial charge on any atom is -0.370 e. The van der Waals surface area contributed by atoms with Gasteiger partial charge in [0.1, 0.15) is 5.82 Å². The summed E-state index contributed by atoms with van der Waals surface area (Å²) in [5.74, 6) is -0.674. The van der Waals surface area contributed by atoms with Crippen LogP contribution in [0.1, 0.15) is 11.1 Å². The van der Waals surface area contributed by atoms with Gasteiger partial charge in [-0.15, -0.1) is 0 Å². The maximum Gasteiger partial charge on any atom is 0.416 e. The number of halogens is 4. The Balaban J connectivity index is 2.53. The molecule has 11 heteroatoms. The van der Waals surface area contributed by atoms with Gasteiger partial charge in [0, 0.05) is 24.2 Å². The molecule has 0 saturated heterocycles. The molecule has 1 N–H and O–H groups in total. The van der Waals surface area contributed by atoms with E-state index in [-0.39, 0.29) is 24.2 Å². The Morgan fingerprint density at radius 2 is 1.52 bits per heavy atom. The Labute approximate surface area is 137 Å². The molecule has 0 radical (unpaired) electrons. The molecule has 0 aliphatic heterocycles. The minimum atomic E-state index is -5.00. The molecule has 7 nitrogen and oxygen atoms in total. The van der Waals surface area contributed by atoms with Crippen molar-refractivity contribution in [1.82, 2.24) is 0 Å². The van der Waals surface area contributed by atoms with Crippen LogP contribution in [0, 0.1) is 26.0 Å². The summed E-state index contributed by atoms with van der Waals surface area (Å²) in [7, 11) is 0. The van der Waals surface area contributed by atoms with Crippen molar-refractivity contribution in [3.05, 3.63) is 73.6 Å². The summed E-state index contributed by atoms with van der Waals surface area (Å²) in [6.45, 7) is -0.389. The Bertz CT molecular complexity index is 804. The lowest BCUT2D eigenvalue weighted by Gasteiger charge is -2.11. The minimum absolute atomic E-state index is 0.0333. The molecular formula is C14H9F4N3O4. The van der Waals surface area contributed by atoms with Crippen LogP contribution in [0.5, 0.6) is 0 Å². The average Bonchev–Trinajstić information content (AvgIpc) is 2.52. The third-order valence-electron chi connectivity index (χ3n) is 3.23. The predicted molar refractivity (Wildman–Crippen MR) is 78.5 cm³/mol. The molecule has 0 unspecified atom stereocenters. The number of nitrogens with zero attached hydrogens (tertiary/aromatic N) is 2. The molecule has 0 bridgehead atoms. The lowest BCUT2D eigenvalue weighted by Crippen LogP contribution is -2.11. The van der Waals surface area contributed by atoms with Gasteiger partial charge >= 0.3 is 6.18 Å². The van der Waals surface area contributed by atoms with E-state index in [9.17, 15) is 37.8 Å². The summed E-state index contributed by atoms with van der Waals surface area (Å²) in [4.78, 5) is 19.8. The molecule has 0 spiro atoms. The van der Waals surface area contributed by atoms with Crippen LogP contribution in [-0.4, -0.2) is 9.85 Å². The van der Waals surface area contributed by atoms with Crippen molar-refractivity contribution in [3.63, 3.8) is 0 Å². The average molecular weight is 359 g/mol. The van der Waals surface area contributed by atoms with Gasteiger partial charge in [0.05, 0.1) is 15.4 Å². The van der Waals surface area contributed by atoms with Crippen LogP contribution < -0.4 is 5.32 Å². The number of hydrogen-bond acceptors (Lipinski definition) is 5. The molecule has 132 valence electrons. The van der Waals surface area contributed by atoms with E-state index >= 15 is 0 Å². The molecule has 0 atom stereocenters. The van der Waals surface area contributed by atoms with E-state index < -0.39 is 44.5 Å². The molecule has 0 heterocycles. The van der Waals surface area contributed by atoms with Gasteiger partial charge in [0.2, 0.25) is 0 Å². The van der Waals surface area contributed by atoms with Crippen molar-refractivity contribution >= 4 is 17.1 Å². The lowest BCUT2D eigenvalue weighted by atomic mass is 10.1. The molecule has 0 aliphatic rings. The molecule has 0 aliphatic carbocycles. The maximum atomic E-state index is 13.6. The molecule has 25 heavy (non-hydrogen) atoms. The van der Waals surface area contributed by atoms with E-state index in [0.29, 0.717) is 0 Å². The van der Waals surface area contributed by atoms with Crippen molar-refractivity contribution in [3.8, 4) is 0 Å². The van der Waals surface area contributed by atoms with Gasteiger partial charge in [-0.3, -0.25) is 20.2 Å². The number of nitro benzene ring substituents is 2. The van der Waals surface area contributed by atoms with E-state index in [1.807, 2.05) is 0 Å². The Kier molecular flexibility index (Phi) is 4.86. The summed E-state index contributed by atoms with van der Waals surface area (Å²) in [6, 6.07) is 5.67. The van der Waals surface area contributed by atoms with Crippen LogP contribution >= 0.6 is 0 Å². The molecule has 0 fully saturated rings. The third-order valence-corrected chi connectivity index (χ3v) is 3.23. The van der Waals surface area contributed by atoms with Crippen LogP contribution in [-0.2, 0) is 12.7 Å². The number of anilines is 1. The Morgan fingerprint density at radius 1 is 1.00 bits per heavy atom. The lowest BCUT2D eigenvalue weighted by molar-refractivity contribution is -0.392. The topological polar surface area (TPSA) is 98.3 Å². The molecule has 0 aromatic heterocycles. The zero-order valence-electron chi connectivity index (χ0n) is 12.2. The van der Waals surface area contributed by atoms with Gasteiger partial charge in [-0.2, -0.15) is 13.2 Å². The Hall–Kier alpha value is -3.24.